The standard InChI is InChI=1S/C16H25N3O/c1-4-13-5-6-14(11-15(13)17)18-7-9-19(10-8-18)16(20)12(2)3/h5-6,11-12H,4,7-10,17H2,1-3H3. The Hall–Kier alpha value is -1.71. The topological polar surface area (TPSA) is 49.6 Å². The number of carbonyl (C=O) groups is 1. The molecule has 1 aromatic rings. The smallest absolute Gasteiger partial charge is 0.225 e. The van der Waals surface area contributed by atoms with Gasteiger partial charge < -0.3 is 15.5 Å². The molecule has 1 aliphatic heterocycles. The van der Waals surface area contributed by atoms with Crippen LogP contribution in [0.4, 0.5) is 11.4 Å². The summed E-state index contributed by atoms with van der Waals surface area (Å²) in [5.41, 5.74) is 9.29. The number of carbonyl (C=O) groups excluding carboxylic acids is 1. The molecule has 1 saturated heterocycles. The lowest BCUT2D eigenvalue weighted by molar-refractivity contribution is -0.134. The number of hydrogen-bond donors (Lipinski definition) is 1. The summed E-state index contributed by atoms with van der Waals surface area (Å²) in [6.45, 7) is 9.38. The summed E-state index contributed by atoms with van der Waals surface area (Å²) in [4.78, 5) is 16.2. The van der Waals surface area contributed by atoms with Crippen LogP contribution in [-0.4, -0.2) is 37.0 Å². The summed E-state index contributed by atoms with van der Waals surface area (Å²) in [6.07, 6.45) is 0.961. The van der Waals surface area contributed by atoms with Gasteiger partial charge in [0.15, 0.2) is 0 Å². The molecule has 1 heterocycles. The maximum atomic E-state index is 12.0. The minimum absolute atomic E-state index is 0.0843. The monoisotopic (exact) mass is 275 g/mol. The second-order valence-electron chi connectivity index (χ2n) is 5.70. The third-order valence-corrected chi connectivity index (χ3v) is 3.96. The summed E-state index contributed by atoms with van der Waals surface area (Å²) >= 11 is 0. The highest BCUT2D eigenvalue weighted by molar-refractivity contribution is 5.78. The maximum Gasteiger partial charge on any atom is 0.225 e. The fourth-order valence-electron chi connectivity index (χ4n) is 2.65. The molecule has 2 rings (SSSR count). The van der Waals surface area contributed by atoms with Crippen LogP contribution in [0.5, 0.6) is 0 Å². The zero-order chi connectivity index (χ0) is 14.7. The fraction of sp³-hybridized carbons (Fsp3) is 0.562. The molecule has 4 heteroatoms. The van der Waals surface area contributed by atoms with E-state index in [1.165, 1.54) is 5.56 Å². The van der Waals surface area contributed by atoms with Crippen LogP contribution in [0.25, 0.3) is 0 Å². The molecule has 4 nitrogen and oxygen atoms in total. The first-order chi connectivity index (χ1) is 9.52. The molecule has 0 spiro atoms. The molecular weight excluding hydrogens is 250 g/mol. The van der Waals surface area contributed by atoms with Crippen LogP contribution < -0.4 is 10.6 Å². The lowest BCUT2D eigenvalue weighted by Gasteiger charge is -2.37. The maximum absolute atomic E-state index is 12.0. The van der Waals surface area contributed by atoms with E-state index in [0.29, 0.717) is 0 Å². The molecule has 1 fully saturated rings. The Morgan fingerprint density at radius 2 is 1.90 bits per heavy atom. The van der Waals surface area contributed by atoms with E-state index < -0.39 is 0 Å². The Bertz CT molecular complexity index is 477. The van der Waals surface area contributed by atoms with Crippen molar-refractivity contribution in [1.82, 2.24) is 4.90 Å². The lowest BCUT2D eigenvalue weighted by atomic mass is 10.1. The van der Waals surface area contributed by atoms with Crippen LogP contribution in [0.2, 0.25) is 0 Å². The summed E-state index contributed by atoms with van der Waals surface area (Å²) in [7, 11) is 0. The molecule has 0 bridgehead atoms. The van der Waals surface area contributed by atoms with Crippen molar-refractivity contribution in [2.24, 2.45) is 5.92 Å². The second-order valence-corrected chi connectivity index (χ2v) is 5.70. The number of benzene rings is 1. The number of piperazine rings is 1. The van der Waals surface area contributed by atoms with Crippen molar-refractivity contribution >= 4 is 17.3 Å². The van der Waals surface area contributed by atoms with Crippen molar-refractivity contribution in [3.8, 4) is 0 Å². The Morgan fingerprint density at radius 3 is 2.40 bits per heavy atom. The highest BCUT2D eigenvalue weighted by Gasteiger charge is 2.23. The summed E-state index contributed by atoms with van der Waals surface area (Å²) in [6, 6.07) is 6.30. The average molecular weight is 275 g/mol. The van der Waals surface area contributed by atoms with Crippen molar-refractivity contribution in [1.29, 1.82) is 0 Å². The summed E-state index contributed by atoms with van der Waals surface area (Å²) in [5, 5.41) is 0. The van der Waals surface area contributed by atoms with Gasteiger partial charge in [-0.25, -0.2) is 0 Å². The first-order valence-electron chi connectivity index (χ1n) is 7.45. The molecular formula is C16H25N3O. The molecule has 0 saturated carbocycles. The first kappa shape index (κ1) is 14.7. The highest BCUT2D eigenvalue weighted by Crippen LogP contribution is 2.23. The Morgan fingerprint density at radius 1 is 1.25 bits per heavy atom. The van der Waals surface area contributed by atoms with Gasteiger partial charge in [-0.2, -0.15) is 0 Å². The number of nitrogen functional groups attached to an aromatic ring is 1. The van der Waals surface area contributed by atoms with Gasteiger partial charge in [0.2, 0.25) is 5.91 Å². The van der Waals surface area contributed by atoms with Gasteiger partial charge in [0.1, 0.15) is 0 Å². The lowest BCUT2D eigenvalue weighted by Crippen LogP contribution is -2.49. The van der Waals surface area contributed by atoms with Gasteiger partial charge in [0, 0.05) is 43.5 Å². The number of hydrogen-bond acceptors (Lipinski definition) is 3. The predicted molar refractivity (Wildman–Crippen MR) is 83.9 cm³/mol. The van der Waals surface area contributed by atoms with Gasteiger partial charge in [-0.3, -0.25) is 4.79 Å². The normalized spacial score (nSPS) is 15.8. The van der Waals surface area contributed by atoms with Crippen molar-refractivity contribution in [2.45, 2.75) is 27.2 Å². The van der Waals surface area contributed by atoms with Gasteiger partial charge >= 0.3 is 0 Å². The quantitative estimate of drug-likeness (QED) is 0.860. The molecule has 1 aliphatic rings. The Kier molecular flexibility index (Phi) is 4.53. The van der Waals surface area contributed by atoms with E-state index >= 15 is 0 Å². The SMILES string of the molecule is CCc1ccc(N2CCN(C(=O)C(C)C)CC2)cc1N. The zero-order valence-electron chi connectivity index (χ0n) is 12.7. The number of amides is 1. The van der Waals surface area contributed by atoms with Gasteiger partial charge in [0.05, 0.1) is 0 Å². The van der Waals surface area contributed by atoms with Gasteiger partial charge in [-0.1, -0.05) is 26.8 Å². The second kappa shape index (κ2) is 6.16. The van der Waals surface area contributed by atoms with Crippen LogP contribution in [-0.2, 0) is 11.2 Å². The van der Waals surface area contributed by atoms with E-state index in [4.69, 9.17) is 5.73 Å². The molecule has 0 atom stereocenters. The summed E-state index contributed by atoms with van der Waals surface area (Å²) in [5.74, 6) is 0.339. The van der Waals surface area contributed by atoms with E-state index in [1.807, 2.05) is 18.7 Å². The van der Waals surface area contributed by atoms with Gasteiger partial charge in [-0.15, -0.1) is 0 Å². The largest absolute Gasteiger partial charge is 0.398 e. The molecule has 0 aliphatic carbocycles. The van der Waals surface area contributed by atoms with Crippen LogP contribution in [0, 0.1) is 5.92 Å². The Balaban J connectivity index is 2.00. The summed E-state index contributed by atoms with van der Waals surface area (Å²) < 4.78 is 0. The zero-order valence-corrected chi connectivity index (χ0v) is 12.7. The molecule has 1 amide bonds. The van der Waals surface area contributed by atoms with E-state index in [2.05, 4.69) is 30.0 Å². The van der Waals surface area contributed by atoms with Crippen LogP contribution in [0.15, 0.2) is 18.2 Å². The van der Waals surface area contributed by atoms with Crippen LogP contribution >= 0.6 is 0 Å². The minimum atomic E-state index is 0.0843. The van der Waals surface area contributed by atoms with E-state index in [1.54, 1.807) is 0 Å². The van der Waals surface area contributed by atoms with Crippen molar-refractivity contribution in [2.75, 3.05) is 36.8 Å². The third kappa shape index (κ3) is 3.06. The highest BCUT2D eigenvalue weighted by atomic mass is 16.2. The minimum Gasteiger partial charge on any atom is -0.398 e. The van der Waals surface area contributed by atoms with Gasteiger partial charge in [-0.05, 0) is 24.1 Å². The number of anilines is 2. The molecule has 20 heavy (non-hydrogen) atoms. The molecule has 0 aromatic heterocycles. The molecule has 1 aromatic carbocycles. The van der Waals surface area contributed by atoms with E-state index in [-0.39, 0.29) is 11.8 Å². The van der Waals surface area contributed by atoms with E-state index in [9.17, 15) is 4.79 Å². The van der Waals surface area contributed by atoms with Crippen LogP contribution in [0.3, 0.4) is 0 Å². The van der Waals surface area contributed by atoms with Crippen molar-refractivity contribution in [3.05, 3.63) is 23.8 Å². The molecule has 110 valence electrons. The average Bonchev–Trinajstić information content (AvgIpc) is 2.46. The molecule has 2 N–H and O–H groups in total. The first-order valence-corrected chi connectivity index (χ1v) is 7.45. The Labute approximate surface area is 121 Å². The van der Waals surface area contributed by atoms with Crippen molar-refractivity contribution < 1.29 is 4.79 Å². The number of nitrogens with zero attached hydrogens (tertiary/aromatic N) is 2. The van der Waals surface area contributed by atoms with E-state index in [0.717, 1.165) is 44.0 Å². The number of aryl methyl sites for hydroxylation is 1. The number of nitrogens with two attached hydrogens (primary N) is 1. The van der Waals surface area contributed by atoms with Crippen LogP contribution in [0.1, 0.15) is 26.3 Å². The fourth-order valence-corrected chi connectivity index (χ4v) is 2.65. The predicted octanol–water partition coefficient (Wildman–Crippen LogP) is 2.14. The molecule has 0 unspecified atom stereocenters. The van der Waals surface area contributed by atoms with Gasteiger partial charge in [0.25, 0.3) is 0 Å². The molecule has 0 radical (unpaired) electrons. The number of rotatable bonds is 3. The third-order valence-electron chi connectivity index (χ3n) is 3.96. The van der Waals surface area contributed by atoms with Crippen molar-refractivity contribution in [3.63, 3.8) is 0 Å².